The first-order valence-corrected chi connectivity index (χ1v) is 10.1. The summed E-state index contributed by atoms with van der Waals surface area (Å²) >= 11 is 6.18. The van der Waals surface area contributed by atoms with Gasteiger partial charge in [0.15, 0.2) is 0 Å². The van der Waals surface area contributed by atoms with Gasteiger partial charge in [0.1, 0.15) is 0 Å². The largest absolute Gasteiger partial charge is 0.358 e. The van der Waals surface area contributed by atoms with Crippen LogP contribution in [0.5, 0.6) is 0 Å². The molecule has 1 aromatic carbocycles. The van der Waals surface area contributed by atoms with Gasteiger partial charge in [-0.1, -0.05) is 18.0 Å². The summed E-state index contributed by atoms with van der Waals surface area (Å²) in [7, 11) is 0. The summed E-state index contributed by atoms with van der Waals surface area (Å²) in [5.74, 6) is 2.65. The number of aromatic nitrogens is 1. The molecule has 2 fully saturated rings. The number of aromatic amines is 1. The Morgan fingerprint density at radius 1 is 1.24 bits per heavy atom. The summed E-state index contributed by atoms with van der Waals surface area (Å²) in [6.07, 6.45) is 9.09. The van der Waals surface area contributed by atoms with E-state index in [-0.39, 0.29) is 11.9 Å². The summed E-state index contributed by atoms with van der Waals surface area (Å²) in [4.78, 5) is 16.1. The maximum absolute atomic E-state index is 12.6. The molecule has 2 unspecified atom stereocenters. The molecule has 2 N–H and O–H groups in total. The van der Waals surface area contributed by atoms with Crippen LogP contribution in [0.2, 0.25) is 5.02 Å². The number of hydrogen-bond acceptors (Lipinski definition) is 1. The fourth-order valence-corrected chi connectivity index (χ4v) is 5.84. The third-order valence-corrected chi connectivity index (χ3v) is 7.08. The summed E-state index contributed by atoms with van der Waals surface area (Å²) in [6, 6.07) is 6.29. The molecule has 0 spiro atoms. The van der Waals surface area contributed by atoms with Gasteiger partial charge < -0.3 is 10.3 Å². The lowest BCUT2D eigenvalue weighted by Gasteiger charge is -2.26. The molecule has 132 valence electrons. The molecule has 2 saturated carbocycles. The highest BCUT2D eigenvalue weighted by molar-refractivity contribution is 6.31. The molecular formula is C21H25ClN2O. The van der Waals surface area contributed by atoms with Crippen LogP contribution in [0.25, 0.3) is 10.9 Å². The maximum atomic E-state index is 12.6. The van der Waals surface area contributed by atoms with Crippen molar-refractivity contribution in [2.45, 2.75) is 57.4 Å². The van der Waals surface area contributed by atoms with E-state index in [1.54, 1.807) is 0 Å². The van der Waals surface area contributed by atoms with Crippen LogP contribution in [0.1, 0.15) is 49.8 Å². The zero-order valence-corrected chi connectivity index (χ0v) is 15.2. The quantitative estimate of drug-likeness (QED) is 0.828. The maximum Gasteiger partial charge on any atom is 0.220 e. The molecule has 3 aliphatic rings. The SMILES string of the molecule is O=C(CC1C[C@@H]2CC[C@H]1C2)NC1CCc2[nH]c3ccc(Cl)cc3c2C1. The van der Waals surface area contributed by atoms with Crippen molar-refractivity contribution in [3.63, 3.8) is 0 Å². The Morgan fingerprint density at radius 3 is 2.96 bits per heavy atom. The number of rotatable bonds is 3. The minimum absolute atomic E-state index is 0.261. The second-order valence-corrected chi connectivity index (χ2v) is 8.85. The van der Waals surface area contributed by atoms with Crippen molar-refractivity contribution in [2.75, 3.05) is 0 Å². The molecule has 2 bridgehead atoms. The van der Waals surface area contributed by atoms with E-state index in [1.807, 2.05) is 12.1 Å². The first kappa shape index (κ1) is 15.7. The molecule has 1 heterocycles. The smallest absolute Gasteiger partial charge is 0.220 e. The van der Waals surface area contributed by atoms with Gasteiger partial charge in [0, 0.05) is 34.1 Å². The van der Waals surface area contributed by atoms with Crippen molar-refractivity contribution in [3.8, 4) is 0 Å². The molecule has 5 rings (SSSR count). The van der Waals surface area contributed by atoms with E-state index in [1.165, 1.54) is 42.3 Å². The van der Waals surface area contributed by atoms with Gasteiger partial charge in [0.2, 0.25) is 5.91 Å². The molecule has 0 radical (unpaired) electrons. The predicted octanol–water partition coefficient (Wildman–Crippen LogP) is 4.62. The Labute approximate surface area is 153 Å². The van der Waals surface area contributed by atoms with Crippen LogP contribution in [-0.4, -0.2) is 16.9 Å². The molecule has 3 aliphatic carbocycles. The molecule has 4 heteroatoms. The molecule has 3 nitrogen and oxygen atoms in total. The highest BCUT2D eigenvalue weighted by atomic mass is 35.5. The predicted molar refractivity (Wildman–Crippen MR) is 101 cm³/mol. The Hall–Kier alpha value is -1.48. The topological polar surface area (TPSA) is 44.9 Å². The highest BCUT2D eigenvalue weighted by Gasteiger charge is 2.40. The minimum Gasteiger partial charge on any atom is -0.358 e. The van der Waals surface area contributed by atoms with E-state index in [0.29, 0.717) is 5.92 Å². The second kappa shape index (κ2) is 6.05. The Kier molecular flexibility index (Phi) is 3.81. The molecule has 1 amide bonds. The van der Waals surface area contributed by atoms with E-state index in [0.717, 1.165) is 48.1 Å². The van der Waals surface area contributed by atoms with Crippen LogP contribution >= 0.6 is 11.6 Å². The molecule has 0 saturated heterocycles. The lowest BCUT2D eigenvalue weighted by Crippen LogP contribution is -2.39. The van der Waals surface area contributed by atoms with Gasteiger partial charge in [-0.2, -0.15) is 0 Å². The molecule has 4 atom stereocenters. The highest BCUT2D eigenvalue weighted by Crippen LogP contribution is 2.49. The van der Waals surface area contributed by atoms with E-state index in [9.17, 15) is 4.79 Å². The van der Waals surface area contributed by atoms with Crippen molar-refractivity contribution < 1.29 is 4.79 Å². The zero-order chi connectivity index (χ0) is 17.0. The lowest BCUT2D eigenvalue weighted by molar-refractivity contribution is -0.123. The number of fused-ring (bicyclic) bond motifs is 5. The van der Waals surface area contributed by atoms with Gasteiger partial charge in [0.25, 0.3) is 0 Å². The lowest BCUT2D eigenvalue weighted by atomic mass is 9.86. The molecule has 1 aromatic heterocycles. The molecular weight excluding hydrogens is 332 g/mol. The number of hydrogen-bond donors (Lipinski definition) is 2. The van der Waals surface area contributed by atoms with Crippen LogP contribution in [0.3, 0.4) is 0 Å². The van der Waals surface area contributed by atoms with Crippen molar-refractivity contribution in [1.82, 2.24) is 10.3 Å². The Morgan fingerprint density at radius 2 is 2.16 bits per heavy atom. The van der Waals surface area contributed by atoms with Crippen molar-refractivity contribution >= 4 is 28.4 Å². The van der Waals surface area contributed by atoms with Gasteiger partial charge >= 0.3 is 0 Å². The third kappa shape index (κ3) is 2.87. The van der Waals surface area contributed by atoms with E-state index in [2.05, 4.69) is 16.4 Å². The van der Waals surface area contributed by atoms with Crippen LogP contribution in [-0.2, 0) is 17.6 Å². The molecule has 2 aromatic rings. The zero-order valence-electron chi connectivity index (χ0n) is 14.5. The van der Waals surface area contributed by atoms with Gasteiger partial charge in [0.05, 0.1) is 0 Å². The number of nitrogens with one attached hydrogen (secondary N) is 2. The number of carbonyl (C=O) groups is 1. The summed E-state index contributed by atoms with van der Waals surface area (Å²) in [5, 5.41) is 5.32. The van der Waals surface area contributed by atoms with Crippen molar-refractivity contribution in [1.29, 1.82) is 0 Å². The van der Waals surface area contributed by atoms with Crippen LogP contribution in [0, 0.1) is 17.8 Å². The van der Waals surface area contributed by atoms with E-state index >= 15 is 0 Å². The summed E-state index contributed by atoms with van der Waals surface area (Å²) in [6.45, 7) is 0. The third-order valence-electron chi connectivity index (χ3n) is 6.85. The fraction of sp³-hybridized carbons (Fsp3) is 0.571. The number of benzene rings is 1. The Balaban J connectivity index is 1.26. The average molecular weight is 357 g/mol. The monoisotopic (exact) mass is 356 g/mol. The summed E-state index contributed by atoms with van der Waals surface area (Å²) < 4.78 is 0. The number of aryl methyl sites for hydroxylation is 1. The molecule has 0 aliphatic heterocycles. The standard InChI is InChI=1S/C21H25ClN2O/c22-15-3-5-19-17(10-15)18-11-16(4-6-20(18)24-19)23-21(25)9-14-8-12-1-2-13(14)7-12/h3,5,10,12-14,16,24H,1-2,4,6-9,11H2,(H,23,25)/t12-,13+,14?,16?/m1/s1. The van der Waals surface area contributed by atoms with Gasteiger partial charge in [-0.3, -0.25) is 4.79 Å². The van der Waals surface area contributed by atoms with Crippen molar-refractivity contribution in [3.05, 3.63) is 34.5 Å². The Bertz CT molecular complexity index is 827. The van der Waals surface area contributed by atoms with Crippen LogP contribution < -0.4 is 5.32 Å². The average Bonchev–Trinajstić information content (AvgIpc) is 3.28. The number of carbonyl (C=O) groups excluding carboxylic acids is 1. The van der Waals surface area contributed by atoms with Crippen LogP contribution in [0.4, 0.5) is 0 Å². The number of H-pyrrole nitrogens is 1. The molecule has 25 heavy (non-hydrogen) atoms. The first-order chi connectivity index (χ1) is 12.2. The normalized spacial score (nSPS) is 30.6. The number of amides is 1. The van der Waals surface area contributed by atoms with Gasteiger partial charge in [-0.25, -0.2) is 0 Å². The first-order valence-electron chi connectivity index (χ1n) is 9.74. The van der Waals surface area contributed by atoms with Gasteiger partial charge in [-0.05, 0) is 80.0 Å². The van der Waals surface area contributed by atoms with E-state index < -0.39 is 0 Å². The van der Waals surface area contributed by atoms with Crippen LogP contribution in [0.15, 0.2) is 18.2 Å². The van der Waals surface area contributed by atoms with E-state index in [4.69, 9.17) is 11.6 Å². The fourth-order valence-electron chi connectivity index (χ4n) is 5.66. The number of halogens is 1. The minimum atomic E-state index is 0.261. The van der Waals surface area contributed by atoms with Gasteiger partial charge in [-0.15, -0.1) is 0 Å². The van der Waals surface area contributed by atoms with Crippen molar-refractivity contribution in [2.24, 2.45) is 17.8 Å². The summed E-state index contributed by atoms with van der Waals surface area (Å²) in [5.41, 5.74) is 3.81. The second-order valence-electron chi connectivity index (χ2n) is 8.42.